The van der Waals surface area contributed by atoms with Gasteiger partial charge in [0.05, 0.1) is 0 Å². The minimum Gasteiger partial charge on any atom is -0.311 e. The van der Waals surface area contributed by atoms with E-state index < -0.39 is 11.2 Å². The Morgan fingerprint density at radius 2 is 2.00 bits per heavy atom. The van der Waals surface area contributed by atoms with E-state index in [0.29, 0.717) is 18.4 Å². The van der Waals surface area contributed by atoms with E-state index in [1.807, 2.05) is 18.2 Å². The van der Waals surface area contributed by atoms with E-state index in [4.69, 9.17) is 0 Å². The van der Waals surface area contributed by atoms with Gasteiger partial charge in [0, 0.05) is 11.5 Å². The minimum absolute atomic E-state index is 0.0623. The smallest absolute Gasteiger partial charge is 0.294 e. The van der Waals surface area contributed by atoms with Gasteiger partial charge in [-0.3, -0.25) is 4.79 Å². The van der Waals surface area contributed by atoms with Crippen LogP contribution in [0.5, 0.6) is 0 Å². The Bertz CT molecular complexity index is 432. The predicted molar refractivity (Wildman–Crippen MR) is 64.6 cm³/mol. The zero-order valence-corrected chi connectivity index (χ0v) is 9.95. The summed E-state index contributed by atoms with van der Waals surface area (Å²) in [5.74, 6) is -0.0988. The third kappa shape index (κ3) is 3.06. The molecule has 5 heteroatoms. The molecule has 0 saturated heterocycles. The van der Waals surface area contributed by atoms with Crippen molar-refractivity contribution in [1.29, 1.82) is 0 Å². The molecule has 18 heavy (non-hydrogen) atoms. The lowest BCUT2D eigenvalue weighted by molar-refractivity contribution is -0.769. The monoisotopic (exact) mass is 249 g/mol. The van der Waals surface area contributed by atoms with Crippen LogP contribution in [0.15, 0.2) is 30.3 Å². The van der Waals surface area contributed by atoms with Gasteiger partial charge in [-0.25, -0.2) is 0 Å². The highest BCUT2D eigenvalue weighted by atomic mass is 17.0. The summed E-state index contributed by atoms with van der Waals surface area (Å²) in [6.45, 7) is 0. The van der Waals surface area contributed by atoms with Crippen LogP contribution in [0.25, 0.3) is 0 Å². The molecule has 1 aromatic rings. The van der Waals surface area contributed by atoms with Gasteiger partial charge < -0.3 is 4.84 Å². The van der Waals surface area contributed by atoms with Gasteiger partial charge in [0.25, 0.3) is 5.09 Å². The number of rotatable bonds is 4. The number of hydrogen-bond acceptors (Lipinski definition) is 4. The van der Waals surface area contributed by atoms with E-state index in [1.165, 1.54) is 0 Å². The fourth-order valence-corrected chi connectivity index (χ4v) is 2.44. The zero-order chi connectivity index (χ0) is 13.0. The first-order valence-corrected chi connectivity index (χ1v) is 6.07. The maximum atomic E-state index is 12.2. The second-order valence-electron chi connectivity index (χ2n) is 4.54. The predicted octanol–water partition coefficient (Wildman–Crippen LogP) is 2.64. The fraction of sp³-hybridized carbons (Fsp3) is 0.462. The Morgan fingerprint density at radius 1 is 1.28 bits per heavy atom. The molecule has 0 aliphatic heterocycles. The molecule has 0 aromatic heterocycles. The molecular formula is C13H15NO4. The lowest BCUT2D eigenvalue weighted by Gasteiger charge is -2.26. The third-order valence-corrected chi connectivity index (χ3v) is 3.29. The molecule has 5 nitrogen and oxygen atoms in total. The summed E-state index contributed by atoms with van der Waals surface area (Å²) in [6, 6.07) is 9.05. The van der Waals surface area contributed by atoms with Crippen LogP contribution in [0, 0.1) is 16.0 Å². The van der Waals surface area contributed by atoms with Crippen LogP contribution >= 0.6 is 0 Å². The van der Waals surface area contributed by atoms with Gasteiger partial charge >= 0.3 is 0 Å². The molecule has 96 valence electrons. The molecule has 0 bridgehead atoms. The van der Waals surface area contributed by atoms with Crippen LogP contribution in [0.4, 0.5) is 0 Å². The molecule has 1 aliphatic carbocycles. The van der Waals surface area contributed by atoms with Gasteiger partial charge in [0.2, 0.25) is 0 Å². The molecule has 2 atom stereocenters. The Balaban J connectivity index is 2.00. The van der Waals surface area contributed by atoms with Crippen molar-refractivity contribution in [2.24, 2.45) is 5.92 Å². The normalized spacial score (nSPS) is 23.3. The lowest BCUT2D eigenvalue weighted by atomic mass is 9.82. The average Bonchev–Trinajstić information content (AvgIpc) is 2.38. The molecule has 2 rings (SSSR count). The molecular weight excluding hydrogens is 234 g/mol. The minimum atomic E-state index is -0.764. The number of ketones is 1. The summed E-state index contributed by atoms with van der Waals surface area (Å²) >= 11 is 0. The van der Waals surface area contributed by atoms with Crippen molar-refractivity contribution < 1.29 is 14.7 Å². The molecule has 0 unspecified atom stereocenters. The van der Waals surface area contributed by atoms with Crippen molar-refractivity contribution >= 4 is 5.78 Å². The first-order valence-electron chi connectivity index (χ1n) is 6.07. The highest BCUT2D eigenvalue weighted by Gasteiger charge is 2.29. The molecule has 0 amide bonds. The Hall–Kier alpha value is -1.91. The maximum Gasteiger partial charge on any atom is 0.294 e. The van der Waals surface area contributed by atoms with Crippen molar-refractivity contribution in [3.8, 4) is 0 Å². The van der Waals surface area contributed by atoms with Gasteiger partial charge in [-0.1, -0.05) is 36.8 Å². The molecule has 0 heterocycles. The second-order valence-corrected chi connectivity index (χ2v) is 4.54. The Morgan fingerprint density at radius 3 is 2.67 bits per heavy atom. The lowest BCUT2D eigenvalue weighted by Crippen LogP contribution is -2.29. The third-order valence-electron chi connectivity index (χ3n) is 3.29. The maximum absolute atomic E-state index is 12.2. The van der Waals surface area contributed by atoms with Crippen LogP contribution in [-0.4, -0.2) is 17.0 Å². The van der Waals surface area contributed by atoms with Crippen LogP contribution < -0.4 is 0 Å². The van der Waals surface area contributed by atoms with Crippen molar-refractivity contribution in [3.05, 3.63) is 46.0 Å². The number of hydrogen-bond donors (Lipinski definition) is 0. The first-order chi connectivity index (χ1) is 8.66. The van der Waals surface area contributed by atoms with Crippen LogP contribution in [-0.2, 0) is 4.84 Å². The number of carbonyl (C=O) groups excluding carboxylic acids is 1. The van der Waals surface area contributed by atoms with E-state index in [2.05, 4.69) is 4.84 Å². The van der Waals surface area contributed by atoms with Crippen molar-refractivity contribution in [2.75, 3.05) is 0 Å². The second kappa shape index (κ2) is 5.62. The van der Waals surface area contributed by atoms with Crippen LogP contribution in [0.1, 0.15) is 36.0 Å². The van der Waals surface area contributed by atoms with Gasteiger partial charge in [0.1, 0.15) is 6.10 Å². The van der Waals surface area contributed by atoms with E-state index in [9.17, 15) is 14.9 Å². The molecule has 0 radical (unpaired) electrons. The standard InChI is InChI=1S/C13H15NO4/c15-13(10-5-2-1-3-6-10)11-7-4-8-12(9-11)18-14(16)17/h1-3,5-6,11-12H,4,7-9H2/t11-,12-/m1/s1. The fourth-order valence-electron chi connectivity index (χ4n) is 2.44. The summed E-state index contributed by atoms with van der Waals surface area (Å²) in [5, 5.41) is 9.55. The van der Waals surface area contributed by atoms with Crippen LogP contribution in [0.2, 0.25) is 0 Å². The van der Waals surface area contributed by atoms with Gasteiger partial charge in [-0.05, 0) is 19.3 Å². The van der Waals surface area contributed by atoms with Crippen molar-refractivity contribution in [2.45, 2.75) is 31.8 Å². The largest absolute Gasteiger partial charge is 0.311 e. The summed E-state index contributed by atoms with van der Waals surface area (Å²) in [4.78, 5) is 27.1. The van der Waals surface area contributed by atoms with Gasteiger partial charge in [-0.2, -0.15) is 0 Å². The quantitative estimate of drug-likeness (QED) is 0.467. The first kappa shape index (κ1) is 12.5. The highest BCUT2D eigenvalue weighted by Crippen LogP contribution is 2.29. The molecule has 1 aromatic carbocycles. The van der Waals surface area contributed by atoms with E-state index in [1.54, 1.807) is 12.1 Å². The summed E-state index contributed by atoms with van der Waals surface area (Å²) in [7, 11) is 0. The van der Waals surface area contributed by atoms with E-state index >= 15 is 0 Å². The van der Waals surface area contributed by atoms with Gasteiger partial charge in [-0.15, -0.1) is 10.1 Å². The number of Topliss-reactive ketones (excluding diaryl/α,β-unsaturated/α-hetero) is 1. The summed E-state index contributed by atoms with van der Waals surface area (Å²) in [5.41, 5.74) is 0.671. The molecule has 1 fully saturated rings. The Labute approximate surface area is 105 Å². The van der Waals surface area contributed by atoms with Crippen molar-refractivity contribution in [3.63, 3.8) is 0 Å². The van der Waals surface area contributed by atoms with Crippen molar-refractivity contribution in [1.82, 2.24) is 0 Å². The highest BCUT2D eigenvalue weighted by molar-refractivity contribution is 5.97. The SMILES string of the molecule is O=C(c1ccccc1)[C@@H]1CCC[C@@H](O[N+](=O)[O-])C1. The molecule has 0 spiro atoms. The number of nitrogens with zero attached hydrogens (tertiary/aromatic N) is 1. The zero-order valence-electron chi connectivity index (χ0n) is 9.95. The molecule has 1 saturated carbocycles. The summed E-state index contributed by atoms with van der Waals surface area (Å²) in [6.07, 6.45) is 2.23. The number of benzene rings is 1. The van der Waals surface area contributed by atoms with Crippen LogP contribution in [0.3, 0.4) is 0 Å². The summed E-state index contributed by atoms with van der Waals surface area (Å²) < 4.78 is 0. The topological polar surface area (TPSA) is 69.4 Å². The molecule has 0 N–H and O–H groups in total. The van der Waals surface area contributed by atoms with E-state index in [-0.39, 0.29) is 11.7 Å². The Kier molecular flexibility index (Phi) is 3.92. The number of carbonyl (C=O) groups is 1. The average molecular weight is 249 g/mol. The van der Waals surface area contributed by atoms with Gasteiger partial charge in [0.15, 0.2) is 5.78 Å². The van der Waals surface area contributed by atoms with E-state index in [0.717, 1.165) is 12.8 Å². The molecule has 1 aliphatic rings.